The first-order valence-corrected chi connectivity index (χ1v) is 11.5. The molecule has 0 saturated heterocycles. The Bertz CT molecular complexity index is 1540. The highest BCUT2D eigenvalue weighted by atomic mass is 16.4. The SMILES string of the molecule is CCCCn1c(C(c2ccccc2)n2c(C#N)cc3ccccc32)c(C(=O)O)c2ccccc21. The van der Waals surface area contributed by atoms with Gasteiger partial charge in [0.1, 0.15) is 17.8 Å². The van der Waals surface area contributed by atoms with Crippen molar-refractivity contribution >= 4 is 27.8 Å². The predicted octanol–water partition coefficient (Wildman–Crippen LogP) is 6.60. The number of unbranched alkanes of at least 4 members (excludes halogenated alkanes) is 1. The van der Waals surface area contributed by atoms with E-state index in [1.165, 1.54) is 0 Å². The summed E-state index contributed by atoms with van der Waals surface area (Å²) in [7, 11) is 0. The summed E-state index contributed by atoms with van der Waals surface area (Å²) < 4.78 is 4.14. The molecular formula is C29H25N3O2. The summed E-state index contributed by atoms with van der Waals surface area (Å²) in [5.41, 5.74) is 4.23. The molecule has 5 nitrogen and oxygen atoms in total. The molecule has 2 heterocycles. The van der Waals surface area contributed by atoms with Crippen LogP contribution in [0.2, 0.25) is 0 Å². The van der Waals surface area contributed by atoms with Gasteiger partial charge in [-0.25, -0.2) is 4.79 Å². The van der Waals surface area contributed by atoms with Crippen LogP contribution >= 0.6 is 0 Å². The van der Waals surface area contributed by atoms with Crippen molar-refractivity contribution in [1.29, 1.82) is 5.26 Å². The van der Waals surface area contributed by atoms with Crippen LogP contribution in [-0.2, 0) is 6.54 Å². The van der Waals surface area contributed by atoms with Crippen LogP contribution in [0.4, 0.5) is 0 Å². The van der Waals surface area contributed by atoms with E-state index in [0.717, 1.165) is 40.2 Å². The van der Waals surface area contributed by atoms with E-state index in [1.54, 1.807) is 0 Å². The summed E-state index contributed by atoms with van der Waals surface area (Å²) in [6.07, 6.45) is 1.91. The van der Waals surface area contributed by atoms with Crippen molar-refractivity contribution in [2.75, 3.05) is 0 Å². The Hall–Kier alpha value is -4.30. The molecular weight excluding hydrogens is 422 g/mol. The minimum absolute atomic E-state index is 0.294. The van der Waals surface area contributed by atoms with Crippen molar-refractivity contribution in [3.05, 3.63) is 107 Å². The second kappa shape index (κ2) is 8.92. The molecule has 1 N–H and O–H groups in total. The van der Waals surface area contributed by atoms with Gasteiger partial charge in [0.25, 0.3) is 0 Å². The molecule has 0 aliphatic carbocycles. The number of aromatic carboxylic acids is 1. The molecule has 0 saturated carbocycles. The zero-order chi connectivity index (χ0) is 23.7. The summed E-state index contributed by atoms with van der Waals surface area (Å²) in [6, 6.07) is 29.2. The predicted molar refractivity (Wildman–Crippen MR) is 134 cm³/mol. The van der Waals surface area contributed by atoms with Gasteiger partial charge in [-0.3, -0.25) is 0 Å². The van der Waals surface area contributed by atoms with E-state index in [-0.39, 0.29) is 0 Å². The van der Waals surface area contributed by atoms with Gasteiger partial charge in [-0.2, -0.15) is 5.26 Å². The van der Waals surface area contributed by atoms with Crippen LogP contribution in [0.15, 0.2) is 84.9 Å². The molecule has 5 aromatic rings. The number of carboxylic acids is 1. The minimum atomic E-state index is -0.961. The average Bonchev–Trinajstić information content (AvgIpc) is 3.40. The normalized spacial score (nSPS) is 12.1. The zero-order valence-corrected chi connectivity index (χ0v) is 19.0. The largest absolute Gasteiger partial charge is 0.478 e. The Labute approximate surface area is 198 Å². The molecule has 0 spiro atoms. The van der Waals surface area contributed by atoms with Crippen molar-refractivity contribution in [2.24, 2.45) is 0 Å². The Morgan fingerprint density at radius 3 is 2.35 bits per heavy atom. The first-order chi connectivity index (χ1) is 16.7. The number of fused-ring (bicyclic) bond motifs is 2. The summed E-state index contributed by atoms with van der Waals surface area (Å²) >= 11 is 0. The van der Waals surface area contributed by atoms with E-state index < -0.39 is 12.0 Å². The highest BCUT2D eigenvalue weighted by molar-refractivity contribution is 6.05. The topological polar surface area (TPSA) is 71.0 Å². The second-order valence-electron chi connectivity index (χ2n) is 8.47. The molecule has 168 valence electrons. The van der Waals surface area contributed by atoms with Crippen LogP contribution < -0.4 is 0 Å². The molecule has 0 aliphatic rings. The van der Waals surface area contributed by atoms with E-state index in [9.17, 15) is 15.2 Å². The Balaban J connectivity index is 1.94. The zero-order valence-electron chi connectivity index (χ0n) is 19.0. The van der Waals surface area contributed by atoms with Gasteiger partial charge in [0.15, 0.2) is 0 Å². The number of para-hydroxylation sites is 2. The van der Waals surface area contributed by atoms with Gasteiger partial charge in [0, 0.05) is 22.8 Å². The van der Waals surface area contributed by atoms with Crippen LogP contribution in [0.3, 0.4) is 0 Å². The molecule has 3 aromatic carbocycles. The molecule has 5 heteroatoms. The van der Waals surface area contributed by atoms with E-state index in [0.29, 0.717) is 23.5 Å². The van der Waals surface area contributed by atoms with Gasteiger partial charge in [-0.1, -0.05) is 80.1 Å². The summed E-state index contributed by atoms with van der Waals surface area (Å²) in [6.45, 7) is 2.83. The molecule has 0 fully saturated rings. The number of carbonyl (C=O) groups is 1. The molecule has 34 heavy (non-hydrogen) atoms. The van der Waals surface area contributed by atoms with Crippen LogP contribution in [0.5, 0.6) is 0 Å². The summed E-state index contributed by atoms with van der Waals surface area (Å²) in [5.74, 6) is -0.961. The number of hydrogen-bond donors (Lipinski definition) is 1. The third kappa shape index (κ3) is 3.45. The number of carboxylic acid groups (broad SMARTS) is 1. The van der Waals surface area contributed by atoms with Gasteiger partial charge in [0.2, 0.25) is 0 Å². The number of hydrogen-bond acceptors (Lipinski definition) is 2. The van der Waals surface area contributed by atoms with Crippen LogP contribution in [0.25, 0.3) is 21.8 Å². The standard InChI is InChI=1S/C29H25N3O2/c1-2-3-17-31-25-16-10-8-14-23(25)26(29(33)34)28(31)27(20-11-5-4-6-12-20)32-22(19-30)18-21-13-7-9-15-24(21)32/h4-16,18,27H,2-3,17H2,1H3,(H,33,34). The smallest absolute Gasteiger partial charge is 0.338 e. The van der Waals surface area contributed by atoms with E-state index in [1.807, 2.05) is 89.5 Å². The van der Waals surface area contributed by atoms with Gasteiger partial charge < -0.3 is 14.2 Å². The third-order valence-corrected chi connectivity index (χ3v) is 6.46. The lowest BCUT2D eigenvalue weighted by Crippen LogP contribution is -2.21. The Morgan fingerprint density at radius 1 is 0.971 bits per heavy atom. The van der Waals surface area contributed by atoms with E-state index in [2.05, 4.69) is 17.6 Å². The molecule has 0 amide bonds. The highest BCUT2D eigenvalue weighted by Crippen LogP contribution is 2.39. The van der Waals surface area contributed by atoms with Crippen molar-refractivity contribution in [3.63, 3.8) is 0 Å². The van der Waals surface area contributed by atoms with Crippen molar-refractivity contribution in [3.8, 4) is 6.07 Å². The Morgan fingerprint density at radius 2 is 1.65 bits per heavy atom. The lowest BCUT2D eigenvalue weighted by Gasteiger charge is -2.25. The Kier molecular flexibility index (Phi) is 5.65. The van der Waals surface area contributed by atoms with E-state index >= 15 is 0 Å². The average molecular weight is 448 g/mol. The van der Waals surface area contributed by atoms with Gasteiger partial charge in [-0.15, -0.1) is 0 Å². The molecule has 1 atom stereocenters. The number of aryl methyl sites for hydroxylation is 1. The lowest BCUT2D eigenvalue weighted by molar-refractivity contribution is 0.0697. The molecule has 0 radical (unpaired) electrons. The monoisotopic (exact) mass is 447 g/mol. The molecule has 5 rings (SSSR count). The molecule has 0 bridgehead atoms. The van der Waals surface area contributed by atoms with Crippen molar-refractivity contribution in [2.45, 2.75) is 32.4 Å². The number of benzene rings is 3. The maximum Gasteiger partial charge on any atom is 0.338 e. The number of rotatable bonds is 7. The fourth-order valence-electron chi connectivity index (χ4n) is 4.99. The van der Waals surface area contributed by atoms with Crippen LogP contribution in [0.1, 0.15) is 53.1 Å². The maximum absolute atomic E-state index is 12.8. The maximum atomic E-state index is 12.8. The first kappa shape index (κ1) is 21.5. The molecule has 2 aromatic heterocycles. The quantitative estimate of drug-likeness (QED) is 0.305. The minimum Gasteiger partial charge on any atom is -0.478 e. The lowest BCUT2D eigenvalue weighted by atomic mass is 9.98. The van der Waals surface area contributed by atoms with Gasteiger partial charge in [0.05, 0.1) is 16.8 Å². The number of nitriles is 1. The van der Waals surface area contributed by atoms with Gasteiger partial charge >= 0.3 is 5.97 Å². The van der Waals surface area contributed by atoms with Crippen molar-refractivity contribution in [1.82, 2.24) is 9.13 Å². The number of aromatic nitrogens is 2. The first-order valence-electron chi connectivity index (χ1n) is 11.5. The van der Waals surface area contributed by atoms with Crippen LogP contribution in [0, 0.1) is 11.3 Å². The highest BCUT2D eigenvalue weighted by Gasteiger charge is 2.32. The summed E-state index contributed by atoms with van der Waals surface area (Å²) in [5, 5.41) is 22.2. The van der Waals surface area contributed by atoms with Crippen LogP contribution in [-0.4, -0.2) is 20.2 Å². The number of nitrogens with zero attached hydrogens (tertiary/aromatic N) is 3. The second-order valence-corrected chi connectivity index (χ2v) is 8.47. The summed E-state index contributed by atoms with van der Waals surface area (Å²) in [4.78, 5) is 12.8. The molecule has 0 aliphatic heterocycles. The fraction of sp³-hybridized carbons (Fsp3) is 0.172. The van der Waals surface area contributed by atoms with Gasteiger partial charge in [-0.05, 0) is 30.2 Å². The molecule has 1 unspecified atom stereocenters. The van der Waals surface area contributed by atoms with E-state index in [4.69, 9.17) is 0 Å². The van der Waals surface area contributed by atoms with Crippen molar-refractivity contribution < 1.29 is 9.90 Å². The fourth-order valence-corrected chi connectivity index (χ4v) is 4.99. The third-order valence-electron chi connectivity index (χ3n) is 6.46.